The smallest absolute Gasteiger partial charge is 0.312 e. The molecule has 2 fully saturated rings. The second-order valence-electron chi connectivity index (χ2n) is 6.55. The Bertz CT molecular complexity index is 716. The molecule has 2 atom stereocenters. The largest absolute Gasteiger partial charge is 0.481 e. The summed E-state index contributed by atoms with van der Waals surface area (Å²) in [4.78, 5) is 18.1. The van der Waals surface area contributed by atoms with Crippen molar-refractivity contribution < 1.29 is 18.3 Å². The minimum atomic E-state index is -3.36. The molecule has 3 heterocycles. The second kappa shape index (κ2) is 5.57. The highest BCUT2D eigenvalue weighted by Crippen LogP contribution is 2.43. The number of aromatic nitrogens is 2. The first-order valence-corrected chi connectivity index (χ1v) is 9.51. The SMILES string of the molecule is CCn1cncc1CN1C[C@@H]2CN(S(C)(=O)=O)C[C@]2(C(=O)O)C1. The summed E-state index contributed by atoms with van der Waals surface area (Å²) in [6.45, 7) is 4.80. The van der Waals surface area contributed by atoms with Gasteiger partial charge in [0.2, 0.25) is 10.0 Å². The number of aliphatic carboxylic acids is 1. The molecule has 0 aromatic carbocycles. The number of fused-ring (bicyclic) bond motifs is 1. The van der Waals surface area contributed by atoms with Crippen molar-refractivity contribution in [2.75, 3.05) is 32.4 Å². The average Bonchev–Trinajstić information content (AvgIpc) is 3.09. The van der Waals surface area contributed by atoms with E-state index < -0.39 is 21.4 Å². The van der Waals surface area contributed by atoms with Crippen LogP contribution >= 0.6 is 0 Å². The summed E-state index contributed by atoms with van der Waals surface area (Å²) in [6.07, 6.45) is 4.71. The summed E-state index contributed by atoms with van der Waals surface area (Å²) in [5.41, 5.74) is 0.0492. The predicted octanol–water partition coefficient (Wildman–Crippen LogP) is -0.319. The van der Waals surface area contributed by atoms with Crippen LogP contribution in [0.1, 0.15) is 12.6 Å². The summed E-state index contributed by atoms with van der Waals surface area (Å²) in [7, 11) is -3.36. The van der Waals surface area contributed by atoms with Gasteiger partial charge >= 0.3 is 5.97 Å². The van der Waals surface area contributed by atoms with E-state index in [1.165, 1.54) is 4.31 Å². The Kier molecular flexibility index (Phi) is 3.97. The van der Waals surface area contributed by atoms with E-state index in [1.807, 2.05) is 11.5 Å². The number of hydrogen-bond acceptors (Lipinski definition) is 5. The number of likely N-dealkylation sites (tertiary alicyclic amines) is 1. The molecule has 1 aromatic heterocycles. The van der Waals surface area contributed by atoms with Gasteiger partial charge in [-0.1, -0.05) is 0 Å². The van der Waals surface area contributed by atoms with Gasteiger partial charge in [0.25, 0.3) is 0 Å². The van der Waals surface area contributed by atoms with E-state index in [1.54, 1.807) is 12.5 Å². The van der Waals surface area contributed by atoms with E-state index in [2.05, 4.69) is 9.88 Å². The van der Waals surface area contributed by atoms with Crippen molar-refractivity contribution >= 4 is 16.0 Å². The van der Waals surface area contributed by atoms with Crippen molar-refractivity contribution in [1.82, 2.24) is 18.8 Å². The Morgan fingerprint density at radius 1 is 1.43 bits per heavy atom. The van der Waals surface area contributed by atoms with Gasteiger partial charge < -0.3 is 9.67 Å². The Labute approximate surface area is 135 Å². The van der Waals surface area contributed by atoms with Crippen molar-refractivity contribution in [3.8, 4) is 0 Å². The predicted molar refractivity (Wildman–Crippen MR) is 83.2 cm³/mol. The van der Waals surface area contributed by atoms with Crippen LogP contribution in [0.25, 0.3) is 0 Å². The standard InChI is InChI=1S/C14H22N4O4S/c1-3-17-10-15-4-12(17)7-16-5-11-6-18(23(2,21)22)9-14(11,8-16)13(19)20/h4,10-11H,3,5-9H2,1-2H3,(H,19,20)/t11-,14-/m1/s1. The molecule has 2 aliphatic rings. The Morgan fingerprint density at radius 3 is 2.74 bits per heavy atom. The monoisotopic (exact) mass is 342 g/mol. The number of rotatable bonds is 5. The first kappa shape index (κ1) is 16.4. The molecule has 2 aliphatic heterocycles. The molecule has 9 heteroatoms. The van der Waals surface area contributed by atoms with Crippen molar-refractivity contribution in [2.45, 2.75) is 20.0 Å². The Morgan fingerprint density at radius 2 is 2.17 bits per heavy atom. The van der Waals surface area contributed by atoms with Crippen molar-refractivity contribution in [1.29, 1.82) is 0 Å². The lowest BCUT2D eigenvalue weighted by Crippen LogP contribution is -2.41. The van der Waals surface area contributed by atoms with Gasteiger partial charge in [-0.25, -0.2) is 17.7 Å². The molecule has 128 valence electrons. The molecule has 0 amide bonds. The highest BCUT2D eigenvalue weighted by molar-refractivity contribution is 7.88. The van der Waals surface area contributed by atoms with E-state index in [4.69, 9.17) is 0 Å². The fourth-order valence-electron chi connectivity index (χ4n) is 3.79. The molecule has 8 nitrogen and oxygen atoms in total. The van der Waals surface area contributed by atoms with Crippen LogP contribution in [0.4, 0.5) is 0 Å². The minimum absolute atomic E-state index is 0.0649. The van der Waals surface area contributed by atoms with Crippen molar-refractivity contribution in [3.63, 3.8) is 0 Å². The quantitative estimate of drug-likeness (QED) is 0.788. The van der Waals surface area contributed by atoms with E-state index in [0.717, 1.165) is 18.5 Å². The third-order valence-electron chi connectivity index (χ3n) is 5.07. The molecule has 1 N–H and O–H groups in total. The van der Waals surface area contributed by atoms with Crippen LogP contribution in [0.5, 0.6) is 0 Å². The number of imidazole rings is 1. The number of nitrogens with zero attached hydrogens (tertiary/aromatic N) is 4. The second-order valence-corrected chi connectivity index (χ2v) is 8.54. The van der Waals surface area contributed by atoms with E-state index >= 15 is 0 Å². The van der Waals surface area contributed by atoms with Crippen LogP contribution in [0, 0.1) is 11.3 Å². The number of carbonyl (C=O) groups is 1. The lowest BCUT2D eigenvalue weighted by Gasteiger charge is -2.24. The number of aryl methyl sites for hydroxylation is 1. The van der Waals surface area contributed by atoms with Gasteiger partial charge in [-0.2, -0.15) is 0 Å². The van der Waals surface area contributed by atoms with Crippen LogP contribution in [0.3, 0.4) is 0 Å². The summed E-state index contributed by atoms with van der Waals surface area (Å²) < 4.78 is 26.9. The summed E-state index contributed by atoms with van der Waals surface area (Å²) in [5, 5.41) is 9.74. The molecule has 1 aromatic rings. The van der Waals surface area contributed by atoms with Gasteiger partial charge in [0.1, 0.15) is 0 Å². The first-order chi connectivity index (χ1) is 10.8. The Balaban J connectivity index is 1.78. The van der Waals surface area contributed by atoms with Gasteiger partial charge in [0, 0.05) is 51.4 Å². The average molecular weight is 342 g/mol. The van der Waals surface area contributed by atoms with Gasteiger partial charge in [0.05, 0.1) is 23.7 Å². The van der Waals surface area contributed by atoms with E-state index in [9.17, 15) is 18.3 Å². The lowest BCUT2D eigenvalue weighted by molar-refractivity contribution is -0.148. The normalized spacial score (nSPS) is 29.0. The zero-order valence-corrected chi connectivity index (χ0v) is 14.2. The molecule has 0 unspecified atom stereocenters. The van der Waals surface area contributed by atoms with Crippen LogP contribution < -0.4 is 0 Å². The lowest BCUT2D eigenvalue weighted by atomic mass is 9.81. The zero-order chi connectivity index (χ0) is 16.8. The highest BCUT2D eigenvalue weighted by atomic mass is 32.2. The molecule has 0 saturated carbocycles. The van der Waals surface area contributed by atoms with E-state index in [-0.39, 0.29) is 19.0 Å². The van der Waals surface area contributed by atoms with Crippen LogP contribution in [0.15, 0.2) is 12.5 Å². The third-order valence-corrected chi connectivity index (χ3v) is 6.28. The molecule has 2 saturated heterocycles. The van der Waals surface area contributed by atoms with Crippen LogP contribution in [-0.2, 0) is 27.9 Å². The van der Waals surface area contributed by atoms with Gasteiger partial charge in [-0.05, 0) is 6.92 Å². The molecule has 0 aliphatic carbocycles. The fourth-order valence-corrected chi connectivity index (χ4v) is 4.71. The van der Waals surface area contributed by atoms with Gasteiger partial charge in [-0.3, -0.25) is 9.69 Å². The molecular formula is C14H22N4O4S. The molecule has 0 radical (unpaired) electrons. The fraction of sp³-hybridized carbons (Fsp3) is 0.714. The minimum Gasteiger partial charge on any atom is -0.481 e. The van der Waals surface area contributed by atoms with Gasteiger partial charge in [0.15, 0.2) is 0 Å². The topological polar surface area (TPSA) is 95.7 Å². The summed E-state index contributed by atoms with van der Waals surface area (Å²) >= 11 is 0. The molecular weight excluding hydrogens is 320 g/mol. The number of carboxylic acids is 1. The van der Waals surface area contributed by atoms with Crippen LogP contribution in [0.2, 0.25) is 0 Å². The number of hydrogen-bond donors (Lipinski definition) is 1. The maximum Gasteiger partial charge on any atom is 0.312 e. The number of carboxylic acid groups (broad SMARTS) is 1. The maximum absolute atomic E-state index is 11.9. The maximum atomic E-state index is 11.9. The van der Waals surface area contributed by atoms with Gasteiger partial charge in [-0.15, -0.1) is 0 Å². The van der Waals surface area contributed by atoms with Crippen molar-refractivity contribution in [3.05, 3.63) is 18.2 Å². The summed E-state index contributed by atoms with van der Waals surface area (Å²) in [6, 6.07) is 0. The highest BCUT2D eigenvalue weighted by Gasteiger charge is 2.59. The molecule has 3 rings (SSSR count). The molecule has 0 spiro atoms. The van der Waals surface area contributed by atoms with Crippen LogP contribution in [-0.4, -0.2) is 70.7 Å². The zero-order valence-electron chi connectivity index (χ0n) is 13.3. The molecule has 0 bridgehead atoms. The first-order valence-electron chi connectivity index (χ1n) is 7.66. The van der Waals surface area contributed by atoms with Crippen molar-refractivity contribution in [2.24, 2.45) is 11.3 Å². The van der Waals surface area contributed by atoms with E-state index in [0.29, 0.717) is 19.6 Å². The third kappa shape index (κ3) is 2.77. The Hall–Kier alpha value is -1.45. The molecule has 23 heavy (non-hydrogen) atoms. The summed E-state index contributed by atoms with van der Waals surface area (Å²) in [5.74, 6) is -1.08. The number of sulfonamides is 1.